The van der Waals surface area contributed by atoms with E-state index in [0.717, 1.165) is 0 Å². The van der Waals surface area contributed by atoms with Crippen molar-refractivity contribution in [1.29, 1.82) is 0 Å². The lowest BCUT2D eigenvalue weighted by atomic mass is 10.2. The van der Waals surface area contributed by atoms with Crippen molar-refractivity contribution in [3.63, 3.8) is 0 Å². The Kier molecular flexibility index (Phi) is 3.85. The van der Waals surface area contributed by atoms with E-state index in [1.807, 2.05) is 0 Å². The van der Waals surface area contributed by atoms with E-state index in [2.05, 4.69) is 4.98 Å². The van der Waals surface area contributed by atoms with E-state index in [1.165, 1.54) is 12.3 Å². The van der Waals surface area contributed by atoms with Gasteiger partial charge in [0.1, 0.15) is 0 Å². The first kappa shape index (κ1) is 10.9. The zero-order valence-corrected chi connectivity index (χ0v) is 8.50. The molecule has 0 amide bonds. The van der Waals surface area contributed by atoms with Crippen molar-refractivity contribution in [2.45, 2.75) is 0 Å². The molecule has 1 aromatic rings. The number of hydrogen-bond donors (Lipinski definition) is 0. The second-order valence-corrected chi connectivity index (χ2v) is 3.06. The molecular weight excluding hydrogens is 227 g/mol. The molecule has 0 fully saturated rings. The highest BCUT2D eigenvalue weighted by Gasteiger charge is 2.12. The van der Waals surface area contributed by atoms with Crippen LogP contribution in [-0.2, 0) is 0 Å². The third kappa shape index (κ3) is 2.68. The minimum atomic E-state index is -0.576. The summed E-state index contributed by atoms with van der Waals surface area (Å²) in [6, 6.07) is 1.35. The number of hydrogen-bond acceptors (Lipinski definition) is 3. The van der Waals surface area contributed by atoms with E-state index >= 15 is 0 Å². The predicted molar refractivity (Wildman–Crippen MR) is 55.7 cm³/mol. The van der Waals surface area contributed by atoms with Crippen LogP contribution in [0.25, 0.3) is 6.08 Å². The van der Waals surface area contributed by atoms with Crippen molar-refractivity contribution in [2.75, 3.05) is 5.88 Å². The van der Waals surface area contributed by atoms with Gasteiger partial charge in [-0.1, -0.05) is 23.8 Å². The Hall–Kier alpha value is -1.13. The maximum atomic E-state index is 10.5. The summed E-state index contributed by atoms with van der Waals surface area (Å²) in [7, 11) is 0. The summed E-state index contributed by atoms with van der Waals surface area (Å²) in [4.78, 5) is 13.6. The van der Waals surface area contributed by atoms with Crippen LogP contribution in [0, 0.1) is 10.1 Å². The predicted octanol–water partition coefficient (Wildman–Crippen LogP) is 2.90. The minimum Gasteiger partial charge on any atom is -0.258 e. The molecule has 0 aliphatic heterocycles. The summed E-state index contributed by atoms with van der Waals surface area (Å²) >= 11 is 10.9. The van der Waals surface area contributed by atoms with Crippen LogP contribution in [0.2, 0.25) is 5.15 Å². The van der Waals surface area contributed by atoms with Gasteiger partial charge < -0.3 is 0 Å². The molecule has 0 saturated carbocycles. The van der Waals surface area contributed by atoms with E-state index < -0.39 is 4.92 Å². The number of pyridine rings is 1. The molecular formula is C8H6Cl2N2O2. The van der Waals surface area contributed by atoms with Gasteiger partial charge in [0.05, 0.1) is 4.92 Å². The Morgan fingerprint density at radius 1 is 1.64 bits per heavy atom. The molecule has 0 aromatic carbocycles. The second kappa shape index (κ2) is 4.93. The number of halogens is 2. The fraction of sp³-hybridized carbons (Fsp3) is 0.125. The maximum Gasteiger partial charge on any atom is 0.307 e. The fourth-order valence-corrected chi connectivity index (χ4v) is 1.11. The first-order valence-corrected chi connectivity index (χ1v) is 4.59. The second-order valence-electron chi connectivity index (χ2n) is 2.39. The Labute approximate surface area is 90.3 Å². The molecule has 0 spiro atoms. The highest BCUT2D eigenvalue weighted by atomic mass is 35.5. The van der Waals surface area contributed by atoms with Gasteiger partial charge >= 0.3 is 5.69 Å². The number of rotatable bonds is 3. The number of aromatic nitrogens is 1. The molecule has 0 saturated heterocycles. The first-order chi connectivity index (χ1) is 6.65. The maximum absolute atomic E-state index is 10.5. The van der Waals surface area contributed by atoms with Gasteiger partial charge in [-0.05, 0) is 5.56 Å². The molecule has 0 radical (unpaired) electrons. The Morgan fingerprint density at radius 3 is 2.93 bits per heavy atom. The number of nitrogens with zero attached hydrogens (tertiary/aromatic N) is 2. The Balaban J connectivity index is 3.06. The lowest BCUT2D eigenvalue weighted by molar-refractivity contribution is -0.385. The van der Waals surface area contributed by atoms with Gasteiger partial charge in [-0.25, -0.2) is 4.98 Å². The van der Waals surface area contributed by atoms with Crippen LogP contribution in [0.1, 0.15) is 5.56 Å². The molecule has 0 bridgehead atoms. The summed E-state index contributed by atoms with van der Waals surface area (Å²) < 4.78 is 0. The van der Waals surface area contributed by atoms with Gasteiger partial charge in [-0.3, -0.25) is 10.1 Å². The summed E-state index contributed by atoms with van der Waals surface area (Å²) in [5.41, 5.74) is 0.394. The topological polar surface area (TPSA) is 56.0 Å². The number of alkyl halides is 1. The van der Waals surface area contributed by atoms with Gasteiger partial charge in [0.2, 0.25) is 5.15 Å². The molecule has 0 aliphatic carbocycles. The molecule has 0 N–H and O–H groups in total. The van der Waals surface area contributed by atoms with Crippen molar-refractivity contribution >= 4 is 35.0 Å². The normalized spacial score (nSPS) is 10.7. The molecule has 1 aromatic heterocycles. The van der Waals surface area contributed by atoms with Gasteiger partial charge in [-0.2, -0.15) is 0 Å². The van der Waals surface area contributed by atoms with E-state index in [1.54, 1.807) is 12.2 Å². The summed E-state index contributed by atoms with van der Waals surface area (Å²) in [5.74, 6) is 0.344. The minimum absolute atomic E-state index is 0.113. The van der Waals surface area contributed by atoms with E-state index in [9.17, 15) is 10.1 Å². The highest BCUT2D eigenvalue weighted by Crippen LogP contribution is 2.22. The third-order valence-electron chi connectivity index (χ3n) is 1.44. The molecule has 0 atom stereocenters. The summed E-state index contributed by atoms with van der Waals surface area (Å²) in [6.07, 6.45) is 4.75. The van der Waals surface area contributed by atoms with Crippen LogP contribution in [0.4, 0.5) is 5.69 Å². The largest absolute Gasteiger partial charge is 0.307 e. The molecule has 74 valence electrons. The van der Waals surface area contributed by atoms with Crippen molar-refractivity contribution in [3.05, 3.63) is 39.2 Å². The molecule has 1 rings (SSSR count). The van der Waals surface area contributed by atoms with Crippen molar-refractivity contribution in [2.24, 2.45) is 0 Å². The lowest BCUT2D eigenvalue weighted by Gasteiger charge is -1.95. The number of allylic oxidation sites excluding steroid dienone is 1. The van der Waals surface area contributed by atoms with Crippen LogP contribution in [0.5, 0.6) is 0 Å². The lowest BCUT2D eigenvalue weighted by Crippen LogP contribution is -1.91. The van der Waals surface area contributed by atoms with Crippen LogP contribution in [0.3, 0.4) is 0 Å². The van der Waals surface area contributed by atoms with Crippen molar-refractivity contribution < 1.29 is 4.92 Å². The highest BCUT2D eigenvalue weighted by molar-refractivity contribution is 6.31. The van der Waals surface area contributed by atoms with Crippen LogP contribution in [0.15, 0.2) is 18.3 Å². The quantitative estimate of drug-likeness (QED) is 0.349. The van der Waals surface area contributed by atoms with E-state index in [0.29, 0.717) is 11.4 Å². The average Bonchev–Trinajstić information content (AvgIpc) is 2.16. The monoisotopic (exact) mass is 232 g/mol. The SMILES string of the molecule is O=[N+]([O-])c1cc(C=CCCl)cnc1Cl. The smallest absolute Gasteiger partial charge is 0.258 e. The molecule has 14 heavy (non-hydrogen) atoms. The van der Waals surface area contributed by atoms with Crippen molar-refractivity contribution in [3.8, 4) is 0 Å². The molecule has 1 heterocycles. The van der Waals surface area contributed by atoms with Crippen molar-refractivity contribution in [1.82, 2.24) is 4.98 Å². The molecule has 0 aliphatic rings. The average molecular weight is 233 g/mol. The third-order valence-corrected chi connectivity index (χ3v) is 1.91. The summed E-state index contributed by atoms with van der Waals surface area (Å²) in [5, 5.41) is 10.4. The zero-order chi connectivity index (χ0) is 10.6. The Morgan fingerprint density at radius 2 is 2.36 bits per heavy atom. The van der Waals surface area contributed by atoms with Crippen LogP contribution in [-0.4, -0.2) is 15.8 Å². The van der Waals surface area contributed by atoms with Gasteiger partial charge in [-0.15, -0.1) is 11.6 Å². The van der Waals surface area contributed by atoms with Crippen LogP contribution < -0.4 is 0 Å². The van der Waals surface area contributed by atoms with E-state index in [4.69, 9.17) is 23.2 Å². The first-order valence-electron chi connectivity index (χ1n) is 3.67. The van der Waals surface area contributed by atoms with Gasteiger partial charge in [0.25, 0.3) is 0 Å². The Bertz CT molecular complexity index is 380. The molecule has 0 unspecified atom stereocenters. The van der Waals surface area contributed by atoms with E-state index in [-0.39, 0.29) is 10.8 Å². The number of nitro groups is 1. The van der Waals surface area contributed by atoms with Gasteiger partial charge in [0, 0.05) is 18.1 Å². The van der Waals surface area contributed by atoms with Crippen LogP contribution >= 0.6 is 23.2 Å². The van der Waals surface area contributed by atoms with Gasteiger partial charge in [0.15, 0.2) is 0 Å². The molecule has 4 nitrogen and oxygen atoms in total. The zero-order valence-electron chi connectivity index (χ0n) is 6.98. The standard InChI is InChI=1S/C8H6Cl2N2O2/c9-3-1-2-6-4-7(12(13)14)8(10)11-5-6/h1-2,4-5H,3H2. The molecule has 6 heteroatoms. The summed E-state index contributed by atoms with van der Waals surface area (Å²) in [6.45, 7) is 0. The fourth-order valence-electron chi connectivity index (χ4n) is 0.852.